The summed E-state index contributed by atoms with van der Waals surface area (Å²) in [6.07, 6.45) is 2.01. The van der Waals surface area contributed by atoms with Gasteiger partial charge in [0.25, 0.3) is 0 Å². The molecule has 0 saturated heterocycles. The zero-order valence-electron chi connectivity index (χ0n) is 21.1. The van der Waals surface area contributed by atoms with Crippen molar-refractivity contribution in [3.63, 3.8) is 0 Å². The van der Waals surface area contributed by atoms with Crippen LogP contribution in [0.15, 0.2) is 42.6 Å². The molecular formula is C26H39ClN4O2. The molecule has 2 rings (SSSR count). The van der Waals surface area contributed by atoms with Gasteiger partial charge in [-0.05, 0) is 64.3 Å². The number of aromatic nitrogens is 1. The highest BCUT2D eigenvalue weighted by molar-refractivity contribution is 6.31. The SMILES string of the molecule is CC(C)CN(Cc1cccn1Cc1ccccc1Cl)C(=O)CN(C(=O)NC(C)(C)C)C(C)C. The van der Waals surface area contributed by atoms with Gasteiger partial charge >= 0.3 is 6.03 Å². The normalized spacial score (nSPS) is 11.7. The summed E-state index contributed by atoms with van der Waals surface area (Å²) in [7, 11) is 0. The van der Waals surface area contributed by atoms with E-state index in [0.29, 0.717) is 25.6 Å². The molecule has 1 aromatic heterocycles. The number of urea groups is 1. The fourth-order valence-electron chi connectivity index (χ4n) is 3.58. The Morgan fingerprint density at radius 2 is 1.73 bits per heavy atom. The predicted molar refractivity (Wildman–Crippen MR) is 135 cm³/mol. The molecule has 7 heteroatoms. The lowest BCUT2D eigenvalue weighted by Crippen LogP contribution is -2.54. The molecule has 6 nitrogen and oxygen atoms in total. The molecule has 0 bridgehead atoms. The van der Waals surface area contributed by atoms with Crippen molar-refractivity contribution >= 4 is 23.5 Å². The van der Waals surface area contributed by atoms with E-state index in [1.807, 2.05) is 82.1 Å². The number of hydrogen-bond acceptors (Lipinski definition) is 2. The molecule has 1 N–H and O–H groups in total. The third-order valence-corrected chi connectivity index (χ3v) is 5.55. The molecule has 0 unspecified atom stereocenters. The lowest BCUT2D eigenvalue weighted by molar-refractivity contribution is -0.133. The first-order valence-electron chi connectivity index (χ1n) is 11.6. The molecule has 0 spiro atoms. The van der Waals surface area contributed by atoms with Crippen LogP contribution >= 0.6 is 11.6 Å². The molecule has 0 atom stereocenters. The fraction of sp³-hybridized carbons (Fsp3) is 0.538. The van der Waals surface area contributed by atoms with E-state index in [2.05, 4.69) is 23.7 Å². The highest BCUT2D eigenvalue weighted by Crippen LogP contribution is 2.19. The average molecular weight is 475 g/mol. The molecule has 182 valence electrons. The number of amides is 3. The minimum atomic E-state index is -0.371. The van der Waals surface area contributed by atoms with Gasteiger partial charge in [0.15, 0.2) is 0 Å². The maximum Gasteiger partial charge on any atom is 0.318 e. The predicted octanol–water partition coefficient (Wildman–Crippen LogP) is 5.39. The Balaban J connectivity index is 2.19. The summed E-state index contributed by atoms with van der Waals surface area (Å²) >= 11 is 6.36. The van der Waals surface area contributed by atoms with Crippen LogP contribution in [0.4, 0.5) is 4.79 Å². The van der Waals surface area contributed by atoms with Crippen LogP contribution in [0, 0.1) is 5.92 Å². The Kier molecular flexibility index (Phi) is 9.41. The zero-order chi connectivity index (χ0) is 24.8. The first kappa shape index (κ1) is 26.8. The summed E-state index contributed by atoms with van der Waals surface area (Å²) < 4.78 is 2.12. The Bertz CT molecular complexity index is 930. The van der Waals surface area contributed by atoms with Crippen molar-refractivity contribution in [2.75, 3.05) is 13.1 Å². The van der Waals surface area contributed by atoms with Crippen LogP contribution in [-0.2, 0) is 17.9 Å². The van der Waals surface area contributed by atoms with E-state index in [4.69, 9.17) is 11.6 Å². The maximum atomic E-state index is 13.4. The number of carbonyl (C=O) groups is 2. The van der Waals surface area contributed by atoms with Crippen LogP contribution in [0.5, 0.6) is 0 Å². The van der Waals surface area contributed by atoms with Crippen molar-refractivity contribution < 1.29 is 9.59 Å². The topological polar surface area (TPSA) is 57.6 Å². The molecule has 2 aromatic rings. The summed E-state index contributed by atoms with van der Waals surface area (Å²) in [6, 6.07) is 11.5. The smallest absolute Gasteiger partial charge is 0.318 e. The molecule has 0 radical (unpaired) electrons. The second kappa shape index (κ2) is 11.6. The second-order valence-corrected chi connectivity index (χ2v) is 10.7. The summed E-state index contributed by atoms with van der Waals surface area (Å²) in [4.78, 5) is 29.7. The molecular weight excluding hydrogens is 436 g/mol. The van der Waals surface area contributed by atoms with E-state index in [1.54, 1.807) is 4.90 Å². The lowest BCUT2D eigenvalue weighted by atomic mass is 10.1. The van der Waals surface area contributed by atoms with Crippen molar-refractivity contribution in [3.05, 3.63) is 58.9 Å². The molecule has 1 heterocycles. The average Bonchev–Trinajstić information content (AvgIpc) is 3.11. The summed E-state index contributed by atoms with van der Waals surface area (Å²) in [5.74, 6) is 0.240. The van der Waals surface area contributed by atoms with E-state index in [9.17, 15) is 9.59 Å². The van der Waals surface area contributed by atoms with Crippen LogP contribution < -0.4 is 5.32 Å². The number of nitrogens with zero attached hydrogens (tertiary/aromatic N) is 3. The number of halogens is 1. The first-order chi connectivity index (χ1) is 15.4. The Morgan fingerprint density at radius 1 is 1.06 bits per heavy atom. The number of nitrogens with one attached hydrogen (secondary N) is 1. The monoisotopic (exact) mass is 474 g/mol. The number of hydrogen-bond donors (Lipinski definition) is 1. The van der Waals surface area contributed by atoms with E-state index in [1.165, 1.54) is 0 Å². The van der Waals surface area contributed by atoms with Gasteiger partial charge in [-0.1, -0.05) is 43.6 Å². The van der Waals surface area contributed by atoms with Gasteiger partial charge in [0.05, 0.1) is 6.54 Å². The van der Waals surface area contributed by atoms with E-state index in [0.717, 1.165) is 16.3 Å². The maximum absolute atomic E-state index is 13.4. The van der Waals surface area contributed by atoms with Crippen molar-refractivity contribution in [1.29, 1.82) is 0 Å². The van der Waals surface area contributed by atoms with Crippen LogP contribution in [0.1, 0.15) is 59.7 Å². The van der Waals surface area contributed by atoms with Gasteiger partial charge in [-0.25, -0.2) is 4.79 Å². The van der Waals surface area contributed by atoms with Crippen LogP contribution in [0.25, 0.3) is 0 Å². The minimum absolute atomic E-state index is 0.0392. The Hall–Kier alpha value is -2.47. The van der Waals surface area contributed by atoms with E-state index < -0.39 is 0 Å². The minimum Gasteiger partial charge on any atom is -0.345 e. The Morgan fingerprint density at radius 3 is 2.30 bits per heavy atom. The van der Waals surface area contributed by atoms with Crippen molar-refractivity contribution in [2.45, 2.75) is 73.1 Å². The van der Waals surface area contributed by atoms with Crippen molar-refractivity contribution in [2.24, 2.45) is 5.92 Å². The quantitative estimate of drug-likeness (QED) is 0.529. The number of rotatable bonds is 9. The van der Waals surface area contributed by atoms with Crippen molar-refractivity contribution in [3.8, 4) is 0 Å². The highest BCUT2D eigenvalue weighted by atomic mass is 35.5. The lowest BCUT2D eigenvalue weighted by Gasteiger charge is -2.33. The molecule has 33 heavy (non-hydrogen) atoms. The van der Waals surface area contributed by atoms with Gasteiger partial charge in [0.1, 0.15) is 6.54 Å². The fourth-order valence-corrected chi connectivity index (χ4v) is 3.77. The second-order valence-electron chi connectivity index (χ2n) is 10.3. The zero-order valence-corrected chi connectivity index (χ0v) is 21.8. The van der Waals surface area contributed by atoms with Crippen LogP contribution in [-0.4, -0.2) is 51.0 Å². The summed E-state index contributed by atoms with van der Waals surface area (Å²) in [5.41, 5.74) is 1.69. The van der Waals surface area contributed by atoms with E-state index >= 15 is 0 Å². The van der Waals surface area contributed by atoms with Crippen molar-refractivity contribution in [1.82, 2.24) is 19.7 Å². The molecule has 1 aromatic carbocycles. The highest BCUT2D eigenvalue weighted by Gasteiger charge is 2.26. The molecule has 0 fully saturated rings. The number of benzene rings is 1. The molecule has 0 aliphatic heterocycles. The Labute approximate surface area is 203 Å². The first-order valence-corrected chi connectivity index (χ1v) is 12.0. The molecule has 0 aliphatic rings. The summed E-state index contributed by atoms with van der Waals surface area (Å²) in [5, 5.41) is 3.70. The largest absolute Gasteiger partial charge is 0.345 e. The standard InChI is InChI=1S/C26H39ClN4O2/c1-19(2)15-30(24(32)18-31(20(3)4)25(33)28-26(5,6)7)17-22-12-10-14-29(22)16-21-11-8-9-13-23(21)27/h8-14,19-20H,15-18H2,1-7H3,(H,28,33). The van der Waals surface area contributed by atoms with Gasteiger partial charge in [-0.2, -0.15) is 0 Å². The van der Waals surface area contributed by atoms with Crippen LogP contribution in [0.3, 0.4) is 0 Å². The van der Waals surface area contributed by atoms with Gasteiger partial charge in [0.2, 0.25) is 5.91 Å². The van der Waals surface area contributed by atoms with E-state index in [-0.39, 0.29) is 30.1 Å². The van der Waals surface area contributed by atoms with Gasteiger partial charge in [0, 0.05) is 41.6 Å². The molecule has 0 aliphatic carbocycles. The van der Waals surface area contributed by atoms with Gasteiger partial charge < -0.3 is 19.7 Å². The molecule has 3 amide bonds. The van der Waals surface area contributed by atoms with Gasteiger partial charge in [-0.3, -0.25) is 4.79 Å². The third kappa shape index (κ3) is 8.43. The van der Waals surface area contributed by atoms with Gasteiger partial charge in [-0.15, -0.1) is 0 Å². The third-order valence-electron chi connectivity index (χ3n) is 5.18. The number of carbonyl (C=O) groups excluding carboxylic acids is 2. The van der Waals surface area contributed by atoms with Crippen LogP contribution in [0.2, 0.25) is 5.02 Å². The summed E-state index contributed by atoms with van der Waals surface area (Å²) in [6.45, 7) is 15.6. The molecule has 0 saturated carbocycles.